The van der Waals surface area contributed by atoms with Gasteiger partial charge in [-0.2, -0.15) is 0 Å². The zero-order valence-electron chi connectivity index (χ0n) is 9.85. The number of nitro benzene ring substituents is 1. The number of rotatable bonds is 1. The van der Waals surface area contributed by atoms with Crippen LogP contribution in [0.1, 0.15) is 13.8 Å². The molecule has 6 heteroatoms. The summed E-state index contributed by atoms with van der Waals surface area (Å²) < 4.78 is 0. The van der Waals surface area contributed by atoms with Crippen LogP contribution in [0.4, 0.5) is 17.1 Å². The van der Waals surface area contributed by atoms with Crippen LogP contribution in [0.15, 0.2) is 18.2 Å². The molecule has 90 valence electrons. The fourth-order valence-corrected chi connectivity index (χ4v) is 1.95. The highest BCUT2D eigenvalue weighted by molar-refractivity contribution is 6.07. The van der Waals surface area contributed by atoms with Gasteiger partial charge in [-0.15, -0.1) is 0 Å². The highest BCUT2D eigenvalue weighted by Gasteiger charge is 2.37. The smallest absolute Gasteiger partial charge is 0.271 e. The first kappa shape index (κ1) is 11.4. The van der Waals surface area contributed by atoms with Crippen molar-refractivity contribution < 1.29 is 9.72 Å². The number of nitrogens with zero attached hydrogens (tertiary/aromatic N) is 2. The van der Waals surface area contributed by atoms with Crippen LogP contribution in [-0.2, 0) is 4.79 Å². The Balaban J connectivity index is 2.54. The highest BCUT2D eigenvalue weighted by Crippen LogP contribution is 2.36. The van der Waals surface area contributed by atoms with E-state index < -0.39 is 10.5 Å². The Bertz CT molecular complexity index is 511. The zero-order chi connectivity index (χ0) is 12.8. The Labute approximate surface area is 98.4 Å². The highest BCUT2D eigenvalue weighted by atomic mass is 16.6. The first-order chi connectivity index (χ1) is 7.83. The summed E-state index contributed by atoms with van der Waals surface area (Å²) in [5, 5.41) is 13.7. The van der Waals surface area contributed by atoms with Gasteiger partial charge >= 0.3 is 0 Å². The number of non-ortho nitro benzene ring substituents is 1. The fraction of sp³-hybridized carbons (Fsp3) is 0.364. The average Bonchev–Trinajstić information content (AvgIpc) is 2.25. The van der Waals surface area contributed by atoms with Crippen molar-refractivity contribution >= 4 is 23.0 Å². The van der Waals surface area contributed by atoms with Crippen LogP contribution in [0, 0.1) is 10.1 Å². The molecule has 0 radical (unpaired) electrons. The number of nitrogens with one attached hydrogen (secondary N) is 1. The molecule has 1 amide bonds. The van der Waals surface area contributed by atoms with E-state index >= 15 is 0 Å². The molecule has 0 bridgehead atoms. The second-order valence-corrected chi connectivity index (χ2v) is 4.57. The lowest BCUT2D eigenvalue weighted by Crippen LogP contribution is -2.52. The van der Waals surface area contributed by atoms with E-state index in [1.54, 1.807) is 27.0 Å². The largest absolute Gasteiger partial charge is 0.370 e. The van der Waals surface area contributed by atoms with Gasteiger partial charge in [-0.05, 0) is 19.9 Å². The zero-order valence-corrected chi connectivity index (χ0v) is 9.85. The van der Waals surface area contributed by atoms with Gasteiger partial charge in [0.2, 0.25) is 0 Å². The molecule has 0 saturated carbocycles. The van der Waals surface area contributed by atoms with Crippen molar-refractivity contribution in [3.63, 3.8) is 0 Å². The molecular formula is C11H13N3O3. The maximum Gasteiger partial charge on any atom is 0.271 e. The third-order valence-electron chi connectivity index (χ3n) is 2.84. The SMILES string of the molecule is CN1C(=O)C(C)(C)Nc2cc([N+](=O)[O-])ccc21. The maximum atomic E-state index is 12.0. The summed E-state index contributed by atoms with van der Waals surface area (Å²) in [5.41, 5.74) is 0.512. The van der Waals surface area contributed by atoms with Gasteiger partial charge in [-0.3, -0.25) is 14.9 Å². The van der Waals surface area contributed by atoms with E-state index in [0.717, 1.165) is 0 Å². The predicted molar refractivity (Wildman–Crippen MR) is 64.2 cm³/mol. The predicted octanol–water partition coefficient (Wildman–Crippen LogP) is 1.76. The second-order valence-electron chi connectivity index (χ2n) is 4.57. The normalized spacial score (nSPS) is 17.4. The van der Waals surface area contributed by atoms with Gasteiger partial charge in [0, 0.05) is 19.2 Å². The molecule has 1 aromatic rings. The van der Waals surface area contributed by atoms with Crippen LogP contribution < -0.4 is 10.2 Å². The Morgan fingerprint density at radius 2 is 2.06 bits per heavy atom. The van der Waals surface area contributed by atoms with E-state index in [4.69, 9.17) is 0 Å². The summed E-state index contributed by atoms with van der Waals surface area (Å²) in [5.74, 6) is -0.0705. The lowest BCUT2D eigenvalue weighted by molar-refractivity contribution is -0.384. The average molecular weight is 235 g/mol. The number of carbonyl (C=O) groups is 1. The molecule has 1 N–H and O–H groups in total. The summed E-state index contributed by atoms with van der Waals surface area (Å²) in [6.07, 6.45) is 0. The molecule has 0 atom stereocenters. The summed E-state index contributed by atoms with van der Waals surface area (Å²) in [6, 6.07) is 4.41. The quantitative estimate of drug-likeness (QED) is 0.594. The summed E-state index contributed by atoms with van der Waals surface area (Å²) in [7, 11) is 1.66. The topological polar surface area (TPSA) is 75.5 Å². The molecular weight excluding hydrogens is 222 g/mol. The van der Waals surface area contributed by atoms with Crippen molar-refractivity contribution in [1.82, 2.24) is 0 Å². The number of anilines is 2. The van der Waals surface area contributed by atoms with Crippen molar-refractivity contribution in [2.24, 2.45) is 0 Å². The van der Waals surface area contributed by atoms with E-state index in [9.17, 15) is 14.9 Å². The minimum atomic E-state index is -0.753. The monoisotopic (exact) mass is 235 g/mol. The van der Waals surface area contributed by atoms with Crippen molar-refractivity contribution in [2.45, 2.75) is 19.4 Å². The van der Waals surface area contributed by atoms with E-state index in [1.807, 2.05) is 0 Å². The van der Waals surface area contributed by atoms with Crippen molar-refractivity contribution in [1.29, 1.82) is 0 Å². The van der Waals surface area contributed by atoms with Crippen LogP contribution in [-0.4, -0.2) is 23.4 Å². The van der Waals surface area contributed by atoms with Gasteiger partial charge < -0.3 is 10.2 Å². The van der Waals surface area contributed by atoms with Crippen molar-refractivity contribution in [3.05, 3.63) is 28.3 Å². The van der Waals surface area contributed by atoms with Gasteiger partial charge in [0.05, 0.1) is 16.3 Å². The molecule has 1 aliphatic rings. The Kier molecular flexibility index (Phi) is 2.30. The first-order valence-corrected chi connectivity index (χ1v) is 5.18. The van der Waals surface area contributed by atoms with Gasteiger partial charge in [0.25, 0.3) is 11.6 Å². The summed E-state index contributed by atoms with van der Waals surface area (Å²) in [6.45, 7) is 3.49. The maximum absolute atomic E-state index is 12.0. The lowest BCUT2D eigenvalue weighted by atomic mass is 9.98. The molecule has 17 heavy (non-hydrogen) atoms. The number of amides is 1. The third-order valence-corrected chi connectivity index (χ3v) is 2.84. The third kappa shape index (κ3) is 1.71. The first-order valence-electron chi connectivity index (χ1n) is 5.18. The Morgan fingerprint density at radius 3 is 2.65 bits per heavy atom. The Hall–Kier alpha value is -2.11. The van der Waals surface area contributed by atoms with E-state index in [-0.39, 0.29) is 11.6 Å². The minimum Gasteiger partial charge on any atom is -0.370 e. The summed E-state index contributed by atoms with van der Waals surface area (Å²) in [4.78, 5) is 23.7. The number of hydrogen-bond donors (Lipinski definition) is 1. The summed E-state index contributed by atoms with van der Waals surface area (Å²) >= 11 is 0. The molecule has 0 aromatic heterocycles. The van der Waals surface area contributed by atoms with Crippen LogP contribution in [0.2, 0.25) is 0 Å². The molecule has 2 rings (SSSR count). The van der Waals surface area contributed by atoms with Gasteiger partial charge in [-0.1, -0.05) is 0 Å². The van der Waals surface area contributed by atoms with E-state index in [0.29, 0.717) is 11.4 Å². The lowest BCUT2D eigenvalue weighted by Gasteiger charge is -2.37. The van der Waals surface area contributed by atoms with Crippen molar-refractivity contribution in [3.8, 4) is 0 Å². The number of hydrogen-bond acceptors (Lipinski definition) is 4. The number of likely N-dealkylation sites (N-methyl/N-ethyl adjacent to an activating group) is 1. The van der Waals surface area contributed by atoms with Gasteiger partial charge in [0.1, 0.15) is 5.54 Å². The van der Waals surface area contributed by atoms with Gasteiger partial charge in [0.15, 0.2) is 0 Å². The number of fused-ring (bicyclic) bond motifs is 1. The van der Waals surface area contributed by atoms with E-state index in [2.05, 4.69) is 5.32 Å². The number of nitro groups is 1. The van der Waals surface area contributed by atoms with Crippen molar-refractivity contribution in [2.75, 3.05) is 17.3 Å². The van der Waals surface area contributed by atoms with Crippen LogP contribution >= 0.6 is 0 Å². The fourth-order valence-electron chi connectivity index (χ4n) is 1.95. The van der Waals surface area contributed by atoms with Crippen LogP contribution in [0.5, 0.6) is 0 Å². The molecule has 1 heterocycles. The molecule has 1 aliphatic heterocycles. The minimum absolute atomic E-state index is 0.00907. The molecule has 0 saturated heterocycles. The molecule has 0 spiro atoms. The number of carbonyl (C=O) groups excluding carboxylic acids is 1. The molecule has 1 aromatic carbocycles. The second kappa shape index (κ2) is 3.44. The molecule has 0 fully saturated rings. The van der Waals surface area contributed by atoms with Crippen LogP contribution in [0.25, 0.3) is 0 Å². The number of benzene rings is 1. The molecule has 0 aliphatic carbocycles. The van der Waals surface area contributed by atoms with E-state index in [1.165, 1.54) is 17.0 Å². The van der Waals surface area contributed by atoms with Crippen LogP contribution in [0.3, 0.4) is 0 Å². The van der Waals surface area contributed by atoms with Gasteiger partial charge in [-0.25, -0.2) is 0 Å². The molecule has 6 nitrogen and oxygen atoms in total. The Morgan fingerprint density at radius 1 is 1.41 bits per heavy atom. The molecule has 0 unspecified atom stereocenters. The standard InChI is InChI=1S/C11H13N3O3/c1-11(2)10(15)13(3)9-5-4-7(14(16)17)6-8(9)12-11/h4-6,12H,1-3H3.